The molecule has 4 rings (SSSR count). The van der Waals surface area contributed by atoms with Gasteiger partial charge in [-0.25, -0.2) is 0 Å². The Balaban J connectivity index is 1.57. The summed E-state index contributed by atoms with van der Waals surface area (Å²) < 4.78 is 7.20. The van der Waals surface area contributed by atoms with Crippen LogP contribution in [0, 0.1) is 6.92 Å². The predicted molar refractivity (Wildman–Crippen MR) is 132 cm³/mol. The number of hydrogen-bond acceptors (Lipinski definition) is 6. The molecule has 0 atom stereocenters. The van der Waals surface area contributed by atoms with Crippen LogP contribution in [0.2, 0.25) is 0 Å². The van der Waals surface area contributed by atoms with Crippen LogP contribution in [0.15, 0.2) is 78.0 Å². The number of methoxy groups -OCH3 is 1. The minimum absolute atomic E-state index is 0.125. The lowest BCUT2D eigenvalue weighted by atomic mass is 10.1. The van der Waals surface area contributed by atoms with Gasteiger partial charge >= 0.3 is 0 Å². The summed E-state index contributed by atoms with van der Waals surface area (Å²) in [5.41, 5.74) is 9.10. The smallest absolute Gasteiger partial charge is 0.248 e. The average Bonchev–Trinajstić information content (AvgIpc) is 3.27. The van der Waals surface area contributed by atoms with Crippen LogP contribution in [-0.2, 0) is 4.79 Å². The van der Waals surface area contributed by atoms with Crippen molar-refractivity contribution in [1.82, 2.24) is 14.8 Å². The number of benzene rings is 3. The minimum Gasteiger partial charge on any atom is -0.497 e. The van der Waals surface area contributed by atoms with Crippen LogP contribution in [0.4, 0.5) is 5.69 Å². The maximum atomic E-state index is 12.6. The summed E-state index contributed by atoms with van der Waals surface area (Å²) in [5, 5.41) is 12.2. The molecule has 0 aliphatic heterocycles. The van der Waals surface area contributed by atoms with Gasteiger partial charge in [0.05, 0.1) is 12.9 Å². The van der Waals surface area contributed by atoms with E-state index in [9.17, 15) is 9.59 Å². The van der Waals surface area contributed by atoms with Gasteiger partial charge in [0.2, 0.25) is 11.8 Å². The normalized spacial score (nSPS) is 10.6. The Kier molecular flexibility index (Phi) is 6.93. The molecule has 1 aromatic heterocycles. The van der Waals surface area contributed by atoms with Crippen molar-refractivity contribution < 1.29 is 14.3 Å². The van der Waals surface area contributed by atoms with Gasteiger partial charge in [0.25, 0.3) is 0 Å². The summed E-state index contributed by atoms with van der Waals surface area (Å²) in [5.74, 6) is 0.817. The first-order valence-electron chi connectivity index (χ1n) is 10.4. The Morgan fingerprint density at radius 2 is 1.76 bits per heavy atom. The first-order chi connectivity index (χ1) is 16.4. The van der Waals surface area contributed by atoms with Crippen molar-refractivity contribution in [1.29, 1.82) is 0 Å². The van der Waals surface area contributed by atoms with Crippen molar-refractivity contribution in [2.75, 3.05) is 18.2 Å². The molecule has 0 spiro atoms. The second-order valence-corrected chi connectivity index (χ2v) is 8.43. The van der Waals surface area contributed by atoms with Crippen molar-refractivity contribution in [3.05, 3.63) is 83.9 Å². The molecule has 4 aromatic rings. The number of amides is 2. The lowest BCUT2D eigenvalue weighted by Gasteiger charge is -2.11. The van der Waals surface area contributed by atoms with Crippen LogP contribution >= 0.6 is 11.8 Å². The van der Waals surface area contributed by atoms with E-state index in [1.54, 1.807) is 31.4 Å². The maximum Gasteiger partial charge on any atom is 0.248 e. The van der Waals surface area contributed by atoms with Gasteiger partial charge in [-0.3, -0.25) is 14.2 Å². The van der Waals surface area contributed by atoms with Crippen molar-refractivity contribution in [2.24, 2.45) is 5.73 Å². The van der Waals surface area contributed by atoms with Crippen LogP contribution in [-0.4, -0.2) is 39.4 Å². The topological polar surface area (TPSA) is 112 Å². The van der Waals surface area contributed by atoms with Gasteiger partial charge in [-0.1, -0.05) is 35.5 Å². The largest absolute Gasteiger partial charge is 0.497 e. The first kappa shape index (κ1) is 23.1. The van der Waals surface area contributed by atoms with Crippen molar-refractivity contribution >= 4 is 29.3 Å². The molecule has 0 unspecified atom stereocenters. The zero-order chi connectivity index (χ0) is 24.1. The fraction of sp³-hybridized carbons (Fsp3) is 0.120. The molecule has 1 heterocycles. The summed E-state index contributed by atoms with van der Waals surface area (Å²) in [7, 11) is 1.62. The number of thioether (sulfide) groups is 1. The van der Waals surface area contributed by atoms with Crippen LogP contribution in [0.1, 0.15) is 15.9 Å². The number of carbonyl (C=O) groups is 2. The monoisotopic (exact) mass is 473 g/mol. The van der Waals surface area contributed by atoms with Crippen LogP contribution in [0.5, 0.6) is 5.75 Å². The van der Waals surface area contributed by atoms with Crippen molar-refractivity contribution in [3.8, 4) is 22.8 Å². The third-order valence-electron chi connectivity index (χ3n) is 5.03. The molecule has 0 fully saturated rings. The fourth-order valence-electron chi connectivity index (χ4n) is 3.34. The number of carbonyl (C=O) groups excluding carboxylic acids is 2. The van der Waals surface area contributed by atoms with Gasteiger partial charge in [-0.15, -0.1) is 10.2 Å². The van der Waals surface area contributed by atoms with Gasteiger partial charge in [-0.05, 0) is 61.5 Å². The SMILES string of the molecule is COc1ccc(-n2c(SCC(=O)Nc3ccc(C(N)=O)cc3)nnc2-c2cccc(C)c2)cc1. The van der Waals surface area contributed by atoms with E-state index in [0.29, 0.717) is 22.2 Å². The zero-order valence-corrected chi connectivity index (χ0v) is 19.5. The molecule has 172 valence electrons. The number of rotatable bonds is 8. The van der Waals surface area contributed by atoms with Crippen LogP contribution in [0.3, 0.4) is 0 Å². The molecule has 0 radical (unpaired) electrons. The second kappa shape index (κ2) is 10.2. The fourth-order valence-corrected chi connectivity index (χ4v) is 4.10. The molecule has 0 bridgehead atoms. The van der Waals surface area contributed by atoms with Gasteiger partial charge in [-0.2, -0.15) is 0 Å². The van der Waals surface area contributed by atoms with Gasteiger partial charge in [0, 0.05) is 22.5 Å². The lowest BCUT2D eigenvalue weighted by Crippen LogP contribution is -2.15. The van der Waals surface area contributed by atoms with Gasteiger partial charge < -0.3 is 15.8 Å². The van der Waals surface area contributed by atoms with Crippen molar-refractivity contribution in [3.63, 3.8) is 0 Å². The molecule has 34 heavy (non-hydrogen) atoms. The number of ether oxygens (including phenoxy) is 1. The second-order valence-electron chi connectivity index (χ2n) is 7.49. The van der Waals surface area contributed by atoms with Crippen LogP contribution < -0.4 is 15.8 Å². The third-order valence-corrected chi connectivity index (χ3v) is 5.95. The highest BCUT2D eigenvalue weighted by atomic mass is 32.2. The Morgan fingerprint density at radius 3 is 2.41 bits per heavy atom. The van der Waals surface area contributed by atoms with E-state index < -0.39 is 5.91 Å². The van der Waals surface area contributed by atoms with E-state index in [1.807, 2.05) is 60.0 Å². The minimum atomic E-state index is -0.518. The summed E-state index contributed by atoms with van der Waals surface area (Å²) in [4.78, 5) is 23.8. The Morgan fingerprint density at radius 1 is 1.03 bits per heavy atom. The summed E-state index contributed by atoms with van der Waals surface area (Å²) >= 11 is 1.28. The van der Waals surface area contributed by atoms with E-state index >= 15 is 0 Å². The first-order valence-corrected chi connectivity index (χ1v) is 11.4. The molecule has 3 aromatic carbocycles. The Hall–Kier alpha value is -4.11. The molecular formula is C25H23N5O3S. The van der Waals surface area contributed by atoms with E-state index in [0.717, 1.165) is 22.6 Å². The highest BCUT2D eigenvalue weighted by molar-refractivity contribution is 7.99. The van der Waals surface area contributed by atoms with E-state index in [4.69, 9.17) is 10.5 Å². The number of nitrogens with two attached hydrogens (primary N) is 1. The molecule has 0 saturated carbocycles. The number of nitrogens with zero attached hydrogens (tertiary/aromatic N) is 3. The highest BCUT2D eigenvalue weighted by Crippen LogP contribution is 2.29. The number of nitrogens with one attached hydrogen (secondary N) is 1. The van der Waals surface area contributed by atoms with E-state index in [2.05, 4.69) is 15.5 Å². The van der Waals surface area contributed by atoms with Gasteiger partial charge in [0.15, 0.2) is 11.0 Å². The molecule has 0 saturated heterocycles. The number of aryl methyl sites for hydroxylation is 1. The molecular weight excluding hydrogens is 450 g/mol. The Bertz CT molecular complexity index is 1320. The van der Waals surface area contributed by atoms with E-state index in [-0.39, 0.29) is 11.7 Å². The molecule has 3 N–H and O–H groups in total. The average molecular weight is 474 g/mol. The van der Waals surface area contributed by atoms with E-state index in [1.165, 1.54) is 11.8 Å². The van der Waals surface area contributed by atoms with Crippen LogP contribution in [0.25, 0.3) is 17.1 Å². The van der Waals surface area contributed by atoms with Gasteiger partial charge in [0.1, 0.15) is 5.75 Å². The number of primary amides is 1. The summed E-state index contributed by atoms with van der Waals surface area (Å²) in [6.07, 6.45) is 0. The lowest BCUT2D eigenvalue weighted by molar-refractivity contribution is -0.113. The maximum absolute atomic E-state index is 12.6. The standard InChI is InChI=1S/C25H23N5O3S/c1-16-4-3-5-18(14-16)24-28-29-25(30(24)20-10-12-21(33-2)13-11-20)34-15-22(31)27-19-8-6-17(7-9-19)23(26)32/h3-14H,15H2,1-2H3,(H2,26,32)(H,27,31). The zero-order valence-electron chi connectivity index (χ0n) is 18.7. The highest BCUT2D eigenvalue weighted by Gasteiger charge is 2.18. The number of aromatic nitrogens is 3. The summed E-state index contributed by atoms with van der Waals surface area (Å²) in [6.45, 7) is 2.02. The number of hydrogen-bond donors (Lipinski definition) is 2. The predicted octanol–water partition coefficient (Wildman–Crippen LogP) is 4.08. The molecule has 9 heteroatoms. The quantitative estimate of drug-likeness (QED) is 0.373. The Labute approximate surface area is 201 Å². The summed E-state index contributed by atoms with van der Waals surface area (Å²) in [6, 6.07) is 22.0. The molecule has 2 amide bonds. The third kappa shape index (κ3) is 5.26. The molecule has 0 aliphatic carbocycles. The van der Waals surface area contributed by atoms with Crippen molar-refractivity contribution in [2.45, 2.75) is 12.1 Å². The molecule has 0 aliphatic rings. The molecule has 8 nitrogen and oxygen atoms in total. The number of anilines is 1.